The lowest BCUT2D eigenvalue weighted by molar-refractivity contribution is -0.137. The highest BCUT2D eigenvalue weighted by Crippen LogP contribution is 2.41. The van der Waals surface area contributed by atoms with Gasteiger partial charge in [-0.05, 0) is 37.1 Å². The van der Waals surface area contributed by atoms with Crippen LogP contribution in [0.4, 0.5) is 13.2 Å². The molecule has 1 atom stereocenters. The summed E-state index contributed by atoms with van der Waals surface area (Å²) in [6, 6.07) is 5.77. The molecule has 1 unspecified atom stereocenters. The Morgan fingerprint density at radius 1 is 1.14 bits per heavy atom. The summed E-state index contributed by atoms with van der Waals surface area (Å²) in [6.45, 7) is 6.18. The van der Waals surface area contributed by atoms with Crippen molar-refractivity contribution in [1.29, 1.82) is 0 Å². The zero-order chi connectivity index (χ0) is 20.5. The van der Waals surface area contributed by atoms with Gasteiger partial charge in [0, 0.05) is 24.2 Å². The van der Waals surface area contributed by atoms with E-state index in [0.29, 0.717) is 23.1 Å². The second kappa shape index (κ2) is 7.81. The van der Waals surface area contributed by atoms with Crippen LogP contribution >= 0.6 is 0 Å². The highest BCUT2D eigenvalue weighted by molar-refractivity contribution is 5.91. The summed E-state index contributed by atoms with van der Waals surface area (Å²) < 4.78 is 48.2. The average Bonchev–Trinajstić information content (AvgIpc) is 3.05. The number of aryl methyl sites for hydroxylation is 1. The smallest absolute Gasteiger partial charge is 0.417 e. The first-order valence-electron chi connectivity index (χ1n) is 9.43. The van der Waals surface area contributed by atoms with Crippen molar-refractivity contribution in [2.24, 2.45) is 0 Å². The van der Waals surface area contributed by atoms with Crippen molar-refractivity contribution in [3.8, 4) is 16.9 Å². The standard InChI is InChI=1S/C21H24F3N3O/c1-5-7-13(3)27-18(6-2)26-19-16(10-11-25-20(19)27)15-9-8-14(28-4)12-17(15)21(22,23)24/h8-13H,5-7H2,1-4H3. The third kappa shape index (κ3) is 3.57. The first-order valence-corrected chi connectivity index (χ1v) is 9.43. The molecule has 0 N–H and O–H groups in total. The third-order valence-electron chi connectivity index (χ3n) is 4.94. The quantitative estimate of drug-likeness (QED) is 0.514. The van der Waals surface area contributed by atoms with Crippen LogP contribution in [0.5, 0.6) is 5.75 Å². The molecule has 0 bridgehead atoms. The molecule has 3 rings (SSSR count). The van der Waals surface area contributed by atoms with E-state index in [4.69, 9.17) is 4.74 Å². The normalized spacial score (nSPS) is 13.1. The summed E-state index contributed by atoms with van der Waals surface area (Å²) in [5.74, 6) is 0.996. The van der Waals surface area contributed by atoms with Crippen molar-refractivity contribution in [3.05, 3.63) is 41.9 Å². The lowest BCUT2D eigenvalue weighted by Gasteiger charge is -2.16. The first-order chi connectivity index (χ1) is 13.3. The van der Waals surface area contributed by atoms with Crippen LogP contribution in [-0.4, -0.2) is 21.6 Å². The average molecular weight is 391 g/mol. The lowest BCUT2D eigenvalue weighted by Crippen LogP contribution is -2.09. The molecule has 150 valence electrons. The number of hydrogen-bond acceptors (Lipinski definition) is 3. The number of halogens is 3. The summed E-state index contributed by atoms with van der Waals surface area (Å²) in [7, 11) is 1.35. The zero-order valence-electron chi connectivity index (χ0n) is 16.5. The predicted molar refractivity (Wildman–Crippen MR) is 104 cm³/mol. The van der Waals surface area contributed by atoms with Crippen LogP contribution in [0.3, 0.4) is 0 Å². The lowest BCUT2D eigenvalue weighted by atomic mass is 9.99. The number of ether oxygens (including phenoxy) is 1. The number of benzene rings is 1. The minimum atomic E-state index is -4.51. The molecule has 0 saturated heterocycles. The summed E-state index contributed by atoms with van der Waals surface area (Å²) in [5, 5.41) is 0. The number of imidazole rings is 1. The summed E-state index contributed by atoms with van der Waals surface area (Å²) in [5.41, 5.74) is 0.888. The molecule has 2 heterocycles. The maximum atomic E-state index is 13.7. The molecule has 0 aliphatic carbocycles. The van der Waals surface area contributed by atoms with Crippen LogP contribution in [0.25, 0.3) is 22.3 Å². The molecule has 0 spiro atoms. The molecule has 28 heavy (non-hydrogen) atoms. The molecule has 0 fully saturated rings. The Kier molecular flexibility index (Phi) is 5.63. The number of alkyl halides is 3. The van der Waals surface area contributed by atoms with Crippen molar-refractivity contribution < 1.29 is 17.9 Å². The number of hydrogen-bond donors (Lipinski definition) is 0. The van der Waals surface area contributed by atoms with Gasteiger partial charge < -0.3 is 9.30 Å². The molecule has 4 nitrogen and oxygen atoms in total. The van der Waals surface area contributed by atoms with Crippen LogP contribution in [0, 0.1) is 0 Å². The van der Waals surface area contributed by atoms with Crippen LogP contribution in [0.1, 0.15) is 51.0 Å². The second-order valence-electron chi connectivity index (χ2n) is 6.83. The van der Waals surface area contributed by atoms with Crippen molar-refractivity contribution in [2.75, 3.05) is 7.11 Å². The molecule has 0 radical (unpaired) electrons. The van der Waals surface area contributed by atoms with Crippen molar-refractivity contribution in [3.63, 3.8) is 0 Å². The fraction of sp³-hybridized carbons (Fsp3) is 0.429. The Labute approximate surface area is 162 Å². The minimum Gasteiger partial charge on any atom is -0.497 e. The van der Waals surface area contributed by atoms with Gasteiger partial charge in [-0.25, -0.2) is 9.97 Å². The third-order valence-corrected chi connectivity index (χ3v) is 4.94. The van der Waals surface area contributed by atoms with Gasteiger partial charge in [0.15, 0.2) is 5.65 Å². The van der Waals surface area contributed by atoms with Crippen LogP contribution < -0.4 is 4.74 Å². The number of rotatable bonds is 6. The Bertz CT molecular complexity index is 979. The van der Waals surface area contributed by atoms with Gasteiger partial charge in [-0.2, -0.15) is 13.2 Å². The monoisotopic (exact) mass is 391 g/mol. The van der Waals surface area contributed by atoms with E-state index < -0.39 is 11.7 Å². The molecule has 7 heteroatoms. The molecular weight excluding hydrogens is 367 g/mol. The van der Waals surface area contributed by atoms with Gasteiger partial charge in [0.1, 0.15) is 17.1 Å². The van der Waals surface area contributed by atoms with Gasteiger partial charge in [0.2, 0.25) is 0 Å². The van der Waals surface area contributed by atoms with E-state index in [2.05, 4.69) is 28.4 Å². The SMILES string of the molecule is CCCC(C)n1c(CC)nc2c(-c3ccc(OC)cc3C(F)(F)F)ccnc21. The molecule has 2 aromatic heterocycles. The number of aromatic nitrogens is 3. The first kappa shape index (κ1) is 20.2. The Hall–Kier alpha value is -2.57. The number of pyridine rings is 1. The van der Waals surface area contributed by atoms with E-state index in [1.165, 1.54) is 19.2 Å². The van der Waals surface area contributed by atoms with E-state index in [-0.39, 0.29) is 17.4 Å². The summed E-state index contributed by atoms with van der Waals surface area (Å²) >= 11 is 0. The van der Waals surface area contributed by atoms with Gasteiger partial charge >= 0.3 is 6.18 Å². The summed E-state index contributed by atoms with van der Waals surface area (Å²) in [6.07, 6.45) is -0.330. The number of fused-ring (bicyclic) bond motifs is 1. The maximum Gasteiger partial charge on any atom is 0.417 e. The molecular formula is C21H24F3N3O. The highest BCUT2D eigenvalue weighted by Gasteiger charge is 2.35. The largest absolute Gasteiger partial charge is 0.497 e. The van der Waals surface area contributed by atoms with Crippen LogP contribution in [-0.2, 0) is 12.6 Å². The van der Waals surface area contributed by atoms with Gasteiger partial charge in [-0.3, -0.25) is 0 Å². The topological polar surface area (TPSA) is 39.9 Å². The predicted octanol–water partition coefficient (Wildman–Crippen LogP) is 6.05. The molecule has 0 aliphatic rings. The van der Waals surface area contributed by atoms with E-state index in [1.807, 2.05) is 6.92 Å². The fourth-order valence-corrected chi connectivity index (χ4v) is 3.63. The van der Waals surface area contributed by atoms with Gasteiger partial charge in [-0.15, -0.1) is 0 Å². The molecule has 0 aliphatic heterocycles. The van der Waals surface area contributed by atoms with E-state index in [9.17, 15) is 13.2 Å². The van der Waals surface area contributed by atoms with E-state index >= 15 is 0 Å². The van der Waals surface area contributed by atoms with Crippen molar-refractivity contribution >= 4 is 11.2 Å². The number of methoxy groups -OCH3 is 1. The zero-order valence-corrected chi connectivity index (χ0v) is 16.5. The molecule has 0 saturated carbocycles. The van der Waals surface area contributed by atoms with Gasteiger partial charge in [-0.1, -0.05) is 26.3 Å². The molecule has 0 amide bonds. The van der Waals surface area contributed by atoms with Crippen molar-refractivity contribution in [2.45, 2.75) is 52.3 Å². The summed E-state index contributed by atoms with van der Waals surface area (Å²) in [4.78, 5) is 9.14. The number of nitrogens with zero attached hydrogens (tertiary/aromatic N) is 3. The molecule has 3 aromatic rings. The Balaban J connectivity index is 2.29. The van der Waals surface area contributed by atoms with Crippen LogP contribution in [0.15, 0.2) is 30.5 Å². The van der Waals surface area contributed by atoms with Gasteiger partial charge in [0.05, 0.1) is 12.7 Å². The van der Waals surface area contributed by atoms with Crippen molar-refractivity contribution in [1.82, 2.24) is 14.5 Å². The Morgan fingerprint density at radius 3 is 2.50 bits per heavy atom. The highest BCUT2D eigenvalue weighted by atomic mass is 19.4. The van der Waals surface area contributed by atoms with Crippen LogP contribution in [0.2, 0.25) is 0 Å². The maximum absolute atomic E-state index is 13.7. The Morgan fingerprint density at radius 2 is 1.89 bits per heavy atom. The fourth-order valence-electron chi connectivity index (χ4n) is 3.63. The molecule has 1 aromatic carbocycles. The van der Waals surface area contributed by atoms with E-state index in [0.717, 1.165) is 24.7 Å². The van der Waals surface area contributed by atoms with Gasteiger partial charge in [0.25, 0.3) is 0 Å². The second-order valence-corrected chi connectivity index (χ2v) is 6.83. The minimum absolute atomic E-state index is 0.0798. The van der Waals surface area contributed by atoms with E-state index in [1.54, 1.807) is 12.3 Å².